The highest BCUT2D eigenvalue weighted by Gasteiger charge is 2.18. The van der Waals surface area contributed by atoms with Crippen molar-refractivity contribution in [1.82, 2.24) is 4.90 Å². The minimum absolute atomic E-state index is 0.350. The zero-order valence-electron chi connectivity index (χ0n) is 11.1. The molecule has 1 unspecified atom stereocenters. The summed E-state index contributed by atoms with van der Waals surface area (Å²) >= 11 is 12.0. The fourth-order valence-corrected chi connectivity index (χ4v) is 2.44. The Bertz CT molecular complexity index is 414. The van der Waals surface area contributed by atoms with Gasteiger partial charge in [-0.3, -0.25) is 4.90 Å². The van der Waals surface area contributed by atoms with Crippen molar-refractivity contribution in [2.75, 3.05) is 32.8 Å². The molecule has 1 fully saturated rings. The normalized spacial score (nSPS) is 20.5. The Labute approximate surface area is 124 Å². The lowest BCUT2D eigenvalue weighted by molar-refractivity contribution is -0.0324. The van der Waals surface area contributed by atoms with E-state index >= 15 is 0 Å². The van der Waals surface area contributed by atoms with E-state index in [2.05, 4.69) is 11.8 Å². The average molecular weight is 304 g/mol. The summed E-state index contributed by atoms with van der Waals surface area (Å²) in [5, 5.41) is 1.23. The zero-order chi connectivity index (χ0) is 13.7. The van der Waals surface area contributed by atoms with Crippen molar-refractivity contribution >= 4 is 23.2 Å². The van der Waals surface area contributed by atoms with Crippen molar-refractivity contribution in [3.63, 3.8) is 0 Å². The number of rotatable bonds is 5. The minimum atomic E-state index is 0.350. The molecule has 1 aromatic rings. The van der Waals surface area contributed by atoms with Gasteiger partial charge in [-0.2, -0.15) is 0 Å². The van der Waals surface area contributed by atoms with Crippen molar-refractivity contribution in [2.45, 2.75) is 19.4 Å². The van der Waals surface area contributed by atoms with Crippen molar-refractivity contribution in [2.24, 2.45) is 0 Å². The third-order valence-corrected chi connectivity index (χ3v) is 3.78. The smallest absolute Gasteiger partial charge is 0.139 e. The molecule has 19 heavy (non-hydrogen) atoms. The van der Waals surface area contributed by atoms with Gasteiger partial charge in [0.25, 0.3) is 0 Å². The molecule has 5 heteroatoms. The van der Waals surface area contributed by atoms with Gasteiger partial charge in [0.1, 0.15) is 12.4 Å². The Kier molecular flexibility index (Phi) is 5.76. The molecule has 3 nitrogen and oxygen atoms in total. The number of morpholine rings is 1. The first-order valence-electron chi connectivity index (χ1n) is 6.61. The van der Waals surface area contributed by atoms with E-state index in [1.165, 1.54) is 0 Å². The number of ether oxygens (including phenoxy) is 2. The predicted molar refractivity (Wildman–Crippen MR) is 78.4 cm³/mol. The van der Waals surface area contributed by atoms with E-state index in [0.29, 0.717) is 28.5 Å². The molecule has 0 bridgehead atoms. The van der Waals surface area contributed by atoms with E-state index in [1.54, 1.807) is 18.2 Å². The first-order valence-corrected chi connectivity index (χ1v) is 7.36. The summed E-state index contributed by atoms with van der Waals surface area (Å²) in [6, 6.07) is 5.25. The van der Waals surface area contributed by atoms with E-state index in [1.807, 2.05) is 0 Å². The van der Waals surface area contributed by atoms with Gasteiger partial charge >= 0.3 is 0 Å². The fourth-order valence-electron chi connectivity index (χ4n) is 2.10. The van der Waals surface area contributed by atoms with E-state index in [0.717, 1.165) is 32.7 Å². The largest absolute Gasteiger partial charge is 0.491 e. The molecule has 0 aromatic heterocycles. The van der Waals surface area contributed by atoms with Crippen molar-refractivity contribution < 1.29 is 9.47 Å². The Morgan fingerprint density at radius 1 is 1.42 bits per heavy atom. The molecule has 2 rings (SSSR count). The van der Waals surface area contributed by atoms with Gasteiger partial charge < -0.3 is 9.47 Å². The molecule has 1 aliphatic rings. The van der Waals surface area contributed by atoms with Gasteiger partial charge in [-0.15, -0.1) is 0 Å². The SMILES string of the molecule is CCC1CN(CCOc2cc(Cl)ccc2Cl)CCO1. The van der Waals surface area contributed by atoms with Gasteiger partial charge in [-0.05, 0) is 18.6 Å². The molecule has 1 aromatic carbocycles. The third kappa shape index (κ3) is 4.53. The van der Waals surface area contributed by atoms with E-state index in [-0.39, 0.29) is 0 Å². The molecule has 0 saturated carbocycles. The van der Waals surface area contributed by atoms with Crippen LogP contribution in [0.5, 0.6) is 5.75 Å². The molecule has 1 atom stereocenters. The van der Waals surface area contributed by atoms with Gasteiger partial charge in [0.15, 0.2) is 0 Å². The molecule has 1 saturated heterocycles. The van der Waals surface area contributed by atoms with Crippen LogP contribution in [0.25, 0.3) is 0 Å². The molecule has 0 spiro atoms. The molecule has 106 valence electrons. The number of benzene rings is 1. The van der Waals surface area contributed by atoms with Crippen LogP contribution >= 0.6 is 23.2 Å². The number of nitrogens with zero attached hydrogens (tertiary/aromatic N) is 1. The quantitative estimate of drug-likeness (QED) is 0.831. The summed E-state index contributed by atoms with van der Waals surface area (Å²) in [5.74, 6) is 0.648. The number of hydrogen-bond acceptors (Lipinski definition) is 3. The Morgan fingerprint density at radius 2 is 2.26 bits per heavy atom. The molecule has 0 amide bonds. The highest BCUT2D eigenvalue weighted by Crippen LogP contribution is 2.27. The summed E-state index contributed by atoms with van der Waals surface area (Å²) in [5.41, 5.74) is 0. The van der Waals surface area contributed by atoms with Gasteiger partial charge in [-0.1, -0.05) is 30.1 Å². The second-order valence-electron chi connectivity index (χ2n) is 4.62. The Morgan fingerprint density at radius 3 is 3.05 bits per heavy atom. The second-order valence-corrected chi connectivity index (χ2v) is 5.47. The zero-order valence-corrected chi connectivity index (χ0v) is 12.6. The first kappa shape index (κ1) is 14.9. The predicted octanol–water partition coefficient (Wildman–Crippen LogP) is 3.48. The topological polar surface area (TPSA) is 21.7 Å². The summed E-state index contributed by atoms with van der Waals surface area (Å²) in [7, 11) is 0. The van der Waals surface area contributed by atoms with Crippen molar-refractivity contribution in [3.8, 4) is 5.75 Å². The van der Waals surface area contributed by atoms with Crippen LogP contribution in [-0.2, 0) is 4.74 Å². The lowest BCUT2D eigenvalue weighted by Gasteiger charge is -2.32. The van der Waals surface area contributed by atoms with Crippen molar-refractivity contribution in [1.29, 1.82) is 0 Å². The first-order chi connectivity index (χ1) is 9.19. The van der Waals surface area contributed by atoms with E-state index < -0.39 is 0 Å². The summed E-state index contributed by atoms with van der Waals surface area (Å²) in [4.78, 5) is 2.36. The van der Waals surface area contributed by atoms with Gasteiger partial charge in [0.2, 0.25) is 0 Å². The van der Waals surface area contributed by atoms with Crippen molar-refractivity contribution in [3.05, 3.63) is 28.2 Å². The highest BCUT2D eigenvalue weighted by molar-refractivity contribution is 6.34. The maximum atomic E-state index is 6.05. The molecular formula is C14H19Cl2NO2. The lowest BCUT2D eigenvalue weighted by Crippen LogP contribution is -2.43. The van der Waals surface area contributed by atoms with Crippen LogP contribution in [0, 0.1) is 0 Å². The second kappa shape index (κ2) is 7.34. The maximum Gasteiger partial charge on any atom is 0.139 e. The molecule has 1 heterocycles. The third-order valence-electron chi connectivity index (χ3n) is 3.24. The van der Waals surface area contributed by atoms with Gasteiger partial charge in [0, 0.05) is 30.7 Å². The summed E-state index contributed by atoms with van der Waals surface area (Å²) in [6.07, 6.45) is 1.40. The van der Waals surface area contributed by atoms with Crippen LogP contribution in [0.1, 0.15) is 13.3 Å². The molecule has 1 aliphatic heterocycles. The van der Waals surface area contributed by atoms with Crippen LogP contribution in [0.15, 0.2) is 18.2 Å². The fraction of sp³-hybridized carbons (Fsp3) is 0.571. The van der Waals surface area contributed by atoms with E-state index in [9.17, 15) is 0 Å². The molecule has 0 aliphatic carbocycles. The molecular weight excluding hydrogens is 285 g/mol. The standard InChI is InChI=1S/C14H19Cl2NO2/c1-2-12-10-17(5-7-18-12)6-8-19-14-9-11(15)3-4-13(14)16/h3-4,9,12H,2,5-8,10H2,1H3. The highest BCUT2D eigenvalue weighted by atomic mass is 35.5. The van der Waals surface area contributed by atoms with E-state index in [4.69, 9.17) is 32.7 Å². The number of halogens is 2. The van der Waals surface area contributed by atoms with Crippen LogP contribution < -0.4 is 4.74 Å². The lowest BCUT2D eigenvalue weighted by atomic mass is 10.2. The minimum Gasteiger partial charge on any atom is -0.491 e. The maximum absolute atomic E-state index is 6.05. The van der Waals surface area contributed by atoms with Crippen LogP contribution in [0.4, 0.5) is 0 Å². The molecule has 0 N–H and O–H groups in total. The molecule has 0 radical (unpaired) electrons. The Hall–Kier alpha value is -0.480. The van der Waals surface area contributed by atoms with Gasteiger partial charge in [0.05, 0.1) is 17.7 Å². The van der Waals surface area contributed by atoms with Crippen LogP contribution in [-0.4, -0.2) is 43.9 Å². The van der Waals surface area contributed by atoms with Crippen LogP contribution in [0.3, 0.4) is 0 Å². The summed E-state index contributed by atoms with van der Waals surface area (Å²) in [6.45, 7) is 6.37. The average Bonchev–Trinajstić information content (AvgIpc) is 2.43. The Balaban J connectivity index is 1.78. The summed E-state index contributed by atoms with van der Waals surface area (Å²) < 4.78 is 11.3. The number of hydrogen-bond donors (Lipinski definition) is 0. The monoisotopic (exact) mass is 303 g/mol. The van der Waals surface area contributed by atoms with Gasteiger partial charge in [-0.25, -0.2) is 0 Å². The van der Waals surface area contributed by atoms with Crippen LogP contribution in [0.2, 0.25) is 10.0 Å².